The summed E-state index contributed by atoms with van der Waals surface area (Å²) in [4.78, 5) is 6.55. The lowest BCUT2D eigenvalue weighted by Gasteiger charge is -2.37. The van der Waals surface area contributed by atoms with Crippen molar-refractivity contribution in [3.8, 4) is 0 Å². The highest BCUT2D eigenvalue weighted by molar-refractivity contribution is 5.80. The van der Waals surface area contributed by atoms with Crippen molar-refractivity contribution in [1.29, 1.82) is 0 Å². The highest BCUT2D eigenvalue weighted by Gasteiger charge is 2.36. The van der Waals surface area contributed by atoms with Gasteiger partial charge in [0.1, 0.15) is 0 Å². The van der Waals surface area contributed by atoms with Crippen LogP contribution in [0.5, 0.6) is 0 Å². The Morgan fingerprint density at radius 2 is 2.17 bits per heavy atom. The minimum absolute atomic E-state index is 0.205. The first kappa shape index (κ1) is 7.86. The average molecular weight is 168 g/mol. The molecular formula is C8H16N4. The lowest BCUT2D eigenvalue weighted by Crippen LogP contribution is -2.54. The number of rotatable bonds is 0. The number of guanidine groups is 1. The van der Waals surface area contributed by atoms with Gasteiger partial charge in [0.05, 0.1) is 12.1 Å². The Hall–Kier alpha value is -0.770. The number of aliphatic imine (C=N–C) groups is 1. The van der Waals surface area contributed by atoms with Gasteiger partial charge < -0.3 is 16.0 Å². The Labute approximate surface area is 72.8 Å². The van der Waals surface area contributed by atoms with Gasteiger partial charge in [0.15, 0.2) is 5.96 Å². The lowest BCUT2D eigenvalue weighted by molar-refractivity contribution is 0.187. The van der Waals surface area contributed by atoms with Crippen LogP contribution in [0.1, 0.15) is 12.8 Å². The van der Waals surface area contributed by atoms with E-state index in [1.807, 2.05) is 0 Å². The first-order valence-electron chi connectivity index (χ1n) is 4.47. The zero-order valence-electron chi connectivity index (χ0n) is 7.51. The summed E-state index contributed by atoms with van der Waals surface area (Å²) in [6.07, 6.45) is 2.32. The minimum Gasteiger partial charge on any atom is -0.370 e. The van der Waals surface area contributed by atoms with Gasteiger partial charge in [-0.05, 0) is 19.9 Å². The normalized spacial score (nSPS) is 28.6. The van der Waals surface area contributed by atoms with Crippen molar-refractivity contribution < 1.29 is 0 Å². The monoisotopic (exact) mass is 168 g/mol. The zero-order chi connectivity index (χ0) is 8.60. The number of hydrogen-bond acceptors (Lipinski definition) is 4. The molecule has 1 fully saturated rings. The fraction of sp³-hybridized carbons (Fsp3) is 0.875. The number of piperidine rings is 1. The summed E-state index contributed by atoms with van der Waals surface area (Å²) >= 11 is 0. The third-order valence-corrected chi connectivity index (χ3v) is 2.89. The van der Waals surface area contributed by atoms with E-state index in [1.165, 1.54) is 0 Å². The van der Waals surface area contributed by atoms with Gasteiger partial charge in [0.25, 0.3) is 0 Å². The first-order valence-corrected chi connectivity index (χ1v) is 4.47. The smallest absolute Gasteiger partial charge is 0.189 e. The van der Waals surface area contributed by atoms with Crippen molar-refractivity contribution in [3.05, 3.63) is 0 Å². The molecule has 0 bridgehead atoms. The van der Waals surface area contributed by atoms with Crippen molar-refractivity contribution in [3.63, 3.8) is 0 Å². The molecule has 0 aliphatic carbocycles. The van der Waals surface area contributed by atoms with Gasteiger partial charge in [-0.2, -0.15) is 0 Å². The maximum Gasteiger partial charge on any atom is 0.189 e. The molecule has 1 saturated heterocycles. The summed E-state index contributed by atoms with van der Waals surface area (Å²) in [6, 6.07) is 0. The van der Waals surface area contributed by atoms with Gasteiger partial charge in [-0.3, -0.25) is 4.99 Å². The van der Waals surface area contributed by atoms with Gasteiger partial charge in [0.2, 0.25) is 0 Å². The summed E-state index contributed by atoms with van der Waals surface area (Å²) in [5.74, 6) is 0.625. The quantitative estimate of drug-likeness (QED) is 0.506. The van der Waals surface area contributed by atoms with Crippen LogP contribution in [0.3, 0.4) is 0 Å². The fourth-order valence-electron chi connectivity index (χ4n) is 1.92. The maximum absolute atomic E-state index is 5.60. The molecule has 2 aliphatic rings. The third kappa shape index (κ3) is 1.27. The second kappa shape index (κ2) is 2.62. The molecule has 0 aromatic heterocycles. The second-order valence-electron chi connectivity index (χ2n) is 3.91. The minimum atomic E-state index is 0.205. The topological polar surface area (TPSA) is 53.6 Å². The number of nitrogens with two attached hydrogens (primary N) is 1. The number of nitrogens with one attached hydrogen (secondary N) is 1. The summed E-state index contributed by atoms with van der Waals surface area (Å²) in [5, 5.41) is 3.29. The molecule has 1 spiro atoms. The summed E-state index contributed by atoms with van der Waals surface area (Å²) in [7, 11) is 2.16. The van der Waals surface area contributed by atoms with Gasteiger partial charge in [-0.25, -0.2) is 0 Å². The van der Waals surface area contributed by atoms with Crippen molar-refractivity contribution in [2.24, 2.45) is 10.7 Å². The molecule has 0 atom stereocenters. The molecule has 4 heteroatoms. The molecule has 3 N–H and O–H groups in total. The van der Waals surface area contributed by atoms with Gasteiger partial charge >= 0.3 is 0 Å². The van der Waals surface area contributed by atoms with Crippen molar-refractivity contribution >= 4 is 5.96 Å². The van der Waals surface area contributed by atoms with Crippen LogP contribution in [0.25, 0.3) is 0 Å². The number of hydrogen-bond donors (Lipinski definition) is 2. The number of likely N-dealkylation sites (tertiary alicyclic amines) is 1. The Morgan fingerprint density at radius 3 is 2.67 bits per heavy atom. The van der Waals surface area contributed by atoms with E-state index in [2.05, 4.69) is 22.3 Å². The van der Waals surface area contributed by atoms with Crippen LogP contribution in [-0.4, -0.2) is 43.1 Å². The number of nitrogens with zero attached hydrogens (tertiary/aromatic N) is 2. The molecule has 0 amide bonds. The molecule has 0 aromatic rings. The van der Waals surface area contributed by atoms with Gasteiger partial charge in [0, 0.05) is 13.1 Å². The molecular weight excluding hydrogens is 152 g/mol. The summed E-state index contributed by atoms with van der Waals surface area (Å²) < 4.78 is 0. The van der Waals surface area contributed by atoms with Crippen LogP contribution in [0.4, 0.5) is 0 Å². The van der Waals surface area contributed by atoms with Crippen LogP contribution in [0.2, 0.25) is 0 Å². The van der Waals surface area contributed by atoms with E-state index in [9.17, 15) is 0 Å². The van der Waals surface area contributed by atoms with Crippen molar-refractivity contribution in [1.82, 2.24) is 10.2 Å². The summed E-state index contributed by atoms with van der Waals surface area (Å²) in [5.41, 5.74) is 5.81. The van der Waals surface area contributed by atoms with E-state index in [-0.39, 0.29) is 5.54 Å². The van der Waals surface area contributed by atoms with E-state index < -0.39 is 0 Å². The van der Waals surface area contributed by atoms with Gasteiger partial charge in [-0.1, -0.05) is 0 Å². The van der Waals surface area contributed by atoms with Crippen molar-refractivity contribution in [2.45, 2.75) is 18.4 Å². The summed E-state index contributed by atoms with van der Waals surface area (Å²) in [6.45, 7) is 3.16. The predicted octanol–water partition coefficient (Wildman–Crippen LogP) is -0.631. The van der Waals surface area contributed by atoms with Crippen LogP contribution < -0.4 is 11.1 Å². The molecule has 4 nitrogen and oxygen atoms in total. The molecule has 12 heavy (non-hydrogen) atoms. The Balaban J connectivity index is 1.97. The molecule has 2 aliphatic heterocycles. The van der Waals surface area contributed by atoms with Gasteiger partial charge in [-0.15, -0.1) is 0 Å². The predicted molar refractivity (Wildman–Crippen MR) is 49.1 cm³/mol. The lowest BCUT2D eigenvalue weighted by atomic mass is 9.89. The first-order chi connectivity index (χ1) is 5.70. The Kier molecular flexibility index (Phi) is 1.72. The Morgan fingerprint density at radius 1 is 1.50 bits per heavy atom. The van der Waals surface area contributed by atoms with Crippen molar-refractivity contribution in [2.75, 3.05) is 26.7 Å². The van der Waals surface area contributed by atoms with E-state index in [0.29, 0.717) is 5.96 Å². The molecule has 0 radical (unpaired) electrons. The zero-order valence-corrected chi connectivity index (χ0v) is 7.51. The Bertz CT molecular complexity index is 203. The SMILES string of the molecule is CN1CCC2(CC1)CN=C(N)N2. The molecule has 0 aromatic carbocycles. The van der Waals surface area contributed by atoms with E-state index in [0.717, 1.165) is 32.5 Å². The second-order valence-corrected chi connectivity index (χ2v) is 3.91. The van der Waals surface area contributed by atoms with E-state index in [1.54, 1.807) is 0 Å². The molecule has 2 rings (SSSR count). The molecule has 0 saturated carbocycles. The highest BCUT2D eigenvalue weighted by Crippen LogP contribution is 2.24. The van der Waals surface area contributed by atoms with Crippen LogP contribution in [-0.2, 0) is 0 Å². The third-order valence-electron chi connectivity index (χ3n) is 2.89. The van der Waals surface area contributed by atoms with Crippen LogP contribution in [0.15, 0.2) is 4.99 Å². The van der Waals surface area contributed by atoms with Crippen LogP contribution >= 0.6 is 0 Å². The standard InChI is InChI=1S/C8H16N4/c1-12-4-2-8(3-5-12)6-10-7(9)11-8/h2-6H2,1H3,(H3,9,10,11). The largest absolute Gasteiger partial charge is 0.370 e. The highest BCUT2D eigenvalue weighted by atomic mass is 15.2. The molecule has 2 heterocycles. The molecule has 0 unspecified atom stereocenters. The fourth-order valence-corrected chi connectivity index (χ4v) is 1.92. The van der Waals surface area contributed by atoms with E-state index in [4.69, 9.17) is 5.73 Å². The van der Waals surface area contributed by atoms with E-state index >= 15 is 0 Å². The maximum atomic E-state index is 5.60. The average Bonchev–Trinajstić information content (AvgIpc) is 2.40. The molecule has 68 valence electrons. The van der Waals surface area contributed by atoms with Crippen LogP contribution in [0, 0.1) is 0 Å².